The highest BCUT2D eigenvalue weighted by Gasteiger charge is 2.26. The van der Waals surface area contributed by atoms with Crippen molar-refractivity contribution in [3.8, 4) is 0 Å². The number of carbonyl (C=O) groups excluding carboxylic acids is 1. The van der Waals surface area contributed by atoms with Crippen LogP contribution in [0, 0.1) is 13.8 Å². The highest BCUT2D eigenvalue weighted by atomic mass is 79.9. The van der Waals surface area contributed by atoms with Gasteiger partial charge in [0.2, 0.25) is 0 Å². The second kappa shape index (κ2) is 6.49. The fraction of sp³-hybridized carbons (Fsp3) is 0.588. The van der Waals surface area contributed by atoms with E-state index in [4.69, 9.17) is 4.74 Å². The van der Waals surface area contributed by atoms with Gasteiger partial charge in [0.25, 0.3) is 0 Å². The molecule has 0 bridgehead atoms. The molecule has 122 valence electrons. The van der Waals surface area contributed by atoms with E-state index < -0.39 is 5.60 Å². The lowest BCUT2D eigenvalue weighted by Gasteiger charge is -2.38. The predicted octanol–water partition coefficient (Wildman–Crippen LogP) is 4.12. The summed E-state index contributed by atoms with van der Waals surface area (Å²) in [6, 6.07) is 4.28. The molecule has 1 aromatic rings. The number of hydrogen-bond acceptors (Lipinski definition) is 3. The molecule has 0 spiro atoms. The Balaban J connectivity index is 2.02. The summed E-state index contributed by atoms with van der Waals surface area (Å²) in [4.78, 5) is 16.3. The molecule has 0 aromatic heterocycles. The van der Waals surface area contributed by atoms with E-state index >= 15 is 0 Å². The molecule has 0 saturated carbocycles. The van der Waals surface area contributed by atoms with Crippen molar-refractivity contribution in [3.63, 3.8) is 0 Å². The van der Waals surface area contributed by atoms with Gasteiger partial charge in [0.15, 0.2) is 0 Å². The fourth-order valence-corrected chi connectivity index (χ4v) is 3.53. The lowest BCUT2D eigenvalue weighted by Crippen LogP contribution is -2.50. The van der Waals surface area contributed by atoms with Crippen LogP contribution in [0.2, 0.25) is 0 Å². The lowest BCUT2D eigenvalue weighted by molar-refractivity contribution is 0.0240. The first-order valence-corrected chi connectivity index (χ1v) is 8.46. The summed E-state index contributed by atoms with van der Waals surface area (Å²) in [5, 5.41) is 0. The Labute approximate surface area is 141 Å². The molecule has 0 N–H and O–H groups in total. The molecule has 22 heavy (non-hydrogen) atoms. The average molecular weight is 369 g/mol. The van der Waals surface area contributed by atoms with Crippen molar-refractivity contribution in [1.29, 1.82) is 0 Å². The first-order chi connectivity index (χ1) is 10.2. The topological polar surface area (TPSA) is 32.8 Å². The number of benzene rings is 1. The zero-order valence-corrected chi connectivity index (χ0v) is 15.7. The van der Waals surface area contributed by atoms with E-state index in [-0.39, 0.29) is 6.09 Å². The Kier molecular flexibility index (Phi) is 5.05. The Bertz CT molecular complexity index is 535. The quantitative estimate of drug-likeness (QED) is 0.747. The molecular formula is C17H25BrN2O2. The monoisotopic (exact) mass is 368 g/mol. The maximum atomic E-state index is 12.1. The summed E-state index contributed by atoms with van der Waals surface area (Å²) >= 11 is 3.54. The van der Waals surface area contributed by atoms with Crippen molar-refractivity contribution >= 4 is 27.7 Å². The van der Waals surface area contributed by atoms with Gasteiger partial charge in [-0.25, -0.2) is 4.79 Å². The van der Waals surface area contributed by atoms with Gasteiger partial charge >= 0.3 is 6.09 Å². The molecule has 1 amide bonds. The molecule has 0 aliphatic carbocycles. The number of piperazine rings is 1. The molecule has 1 saturated heterocycles. The summed E-state index contributed by atoms with van der Waals surface area (Å²) < 4.78 is 6.55. The molecular weight excluding hydrogens is 344 g/mol. The second-order valence-corrected chi connectivity index (χ2v) is 7.76. The molecule has 1 aliphatic rings. The van der Waals surface area contributed by atoms with Crippen LogP contribution in [0.4, 0.5) is 10.5 Å². The van der Waals surface area contributed by atoms with E-state index in [1.807, 2.05) is 20.8 Å². The third kappa shape index (κ3) is 4.15. The third-order valence-electron chi connectivity index (χ3n) is 3.70. The number of amides is 1. The molecule has 0 unspecified atom stereocenters. The number of rotatable bonds is 1. The number of hydrogen-bond donors (Lipinski definition) is 0. The van der Waals surface area contributed by atoms with Gasteiger partial charge in [0.1, 0.15) is 5.60 Å². The molecule has 1 heterocycles. The van der Waals surface area contributed by atoms with Crippen LogP contribution in [0.1, 0.15) is 31.9 Å². The Morgan fingerprint density at radius 1 is 1.09 bits per heavy atom. The minimum Gasteiger partial charge on any atom is -0.444 e. The zero-order chi connectivity index (χ0) is 16.5. The van der Waals surface area contributed by atoms with Gasteiger partial charge in [-0.05, 0) is 57.9 Å². The van der Waals surface area contributed by atoms with E-state index in [9.17, 15) is 4.79 Å². The van der Waals surface area contributed by atoms with Gasteiger partial charge < -0.3 is 14.5 Å². The first-order valence-electron chi connectivity index (χ1n) is 7.67. The summed E-state index contributed by atoms with van der Waals surface area (Å²) in [6.07, 6.45) is -0.212. The normalized spacial score (nSPS) is 15.9. The highest BCUT2D eigenvalue weighted by Crippen LogP contribution is 2.29. The summed E-state index contributed by atoms with van der Waals surface area (Å²) in [5.74, 6) is 0. The van der Waals surface area contributed by atoms with E-state index in [1.165, 1.54) is 16.8 Å². The predicted molar refractivity (Wildman–Crippen MR) is 93.6 cm³/mol. The smallest absolute Gasteiger partial charge is 0.410 e. The van der Waals surface area contributed by atoms with E-state index in [2.05, 4.69) is 46.8 Å². The molecule has 0 radical (unpaired) electrons. The van der Waals surface area contributed by atoms with Gasteiger partial charge in [0, 0.05) is 36.3 Å². The van der Waals surface area contributed by atoms with Crippen LogP contribution in [-0.2, 0) is 4.74 Å². The van der Waals surface area contributed by atoms with Gasteiger partial charge in [-0.2, -0.15) is 0 Å². The maximum Gasteiger partial charge on any atom is 0.410 e. The van der Waals surface area contributed by atoms with Crippen LogP contribution in [-0.4, -0.2) is 42.8 Å². The molecule has 2 rings (SSSR count). The van der Waals surface area contributed by atoms with Crippen molar-refractivity contribution in [1.82, 2.24) is 4.90 Å². The number of anilines is 1. The first kappa shape index (κ1) is 17.1. The number of ether oxygens (including phenoxy) is 1. The van der Waals surface area contributed by atoms with Crippen molar-refractivity contribution in [2.75, 3.05) is 31.1 Å². The molecule has 0 atom stereocenters. The Hall–Kier alpha value is -1.23. The SMILES string of the molecule is Cc1cc(Br)cc(C)c1N1CCN(C(=O)OC(C)(C)C)CC1. The number of carbonyl (C=O) groups is 1. The molecule has 4 nitrogen and oxygen atoms in total. The van der Waals surface area contributed by atoms with Crippen LogP contribution in [0.3, 0.4) is 0 Å². The van der Waals surface area contributed by atoms with Crippen molar-refractivity contribution < 1.29 is 9.53 Å². The van der Waals surface area contributed by atoms with Crippen molar-refractivity contribution in [3.05, 3.63) is 27.7 Å². The Morgan fingerprint density at radius 2 is 1.59 bits per heavy atom. The van der Waals surface area contributed by atoms with Gasteiger partial charge in [-0.15, -0.1) is 0 Å². The molecule has 5 heteroatoms. The summed E-state index contributed by atoms with van der Waals surface area (Å²) in [7, 11) is 0. The third-order valence-corrected chi connectivity index (χ3v) is 4.16. The van der Waals surface area contributed by atoms with Crippen LogP contribution in [0.15, 0.2) is 16.6 Å². The number of halogens is 1. The summed E-state index contributed by atoms with van der Waals surface area (Å²) in [6.45, 7) is 13.0. The van der Waals surface area contributed by atoms with E-state index in [1.54, 1.807) is 4.90 Å². The van der Waals surface area contributed by atoms with Crippen molar-refractivity contribution in [2.45, 2.75) is 40.2 Å². The van der Waals surface area contributed by atoms with E-state index in [0.717, 1.165) is 17.6 Å². The minimum absolute atomic E-state index is 0.212. The maximum absolute atomic E-state index is 12.1. The fourth-order valence-electron chi connectivity index (χ4n) is 2.84. The van der Waals surface area contributed by atoms with Crippen LogP contribution in [0.25, 0.3) is 0 Å². The van der Waals surface area contributed by atoms with E-state index in [0.29, 0.717) is 13.1 Å². The Morgan fingerprint density at radius 3 is 2.05 bits per heavy atom. The van der Waals surface area contributed by atoms with Gasteiger partial charge in [-0.1, -0.05) is 15.9 Å². The summed E-state index contributed by atoms with van der Waals surface area (Å²) in [5.41, 5.74) is 3.37. The van der Waals surface area contributed by atoms with Crippen molar-refractivity contribution in [2.24, 2.45) is 0 Å². The highest BCUT2D eigenvalue weighted by molar-refractivity contribution is 9.10. The largest absolute Gasteiger partial charge is 0.444 e. The number of aryl methyl sites for hydroxylation is 2. The minimum atomic E-state index is -0.437. The van der Waals surface area contributed by atoms with Gasteiger partial charge in [0.05, 0.1) is 0 Å². The lowest BCUT2D eigenvalue weighted by atomic mass is 10.1. The average Bonchev–Trinajstić information content (AvgIpc) is 2.36. The van der Waals surface area contributed by atoms with Crippen LogP contribution < -0.4 is 4.90 Å². The standard InChI is InChI=1S/C17H25BrN2O2/c1-12-10-14(18)11-13(2)15(12)19-6-8-20(9-7-19)16(21)22-17(3,4)5/h10-11H,6-9H2,1-5H3. The zero-order valence-electron chi connectivity index (χ0n) is 14.1. The molecule has 1 aliphatic heterocycles. The van der Waals surface area contributed by atoms with Crippen LogP contribution >= 0.6 is 15.9 Å². The molecule has 1 aromatic carbocycles. The van der Waals surface area contributed by atoms with Crippen LogP contribution in [0.5, 0.6) is 0 Å². The second-order valence-electron chi connectivity index (χ2n) is 6.84. The number of nitrogens with zero attached hydrogens (tertiary/aromatic N) is 2. The van der Waals surface area contributed by atoms with Gasteiger partial charge in [-0.3, -0.25) is 0 Å². The molecule has 1 fully saturated rings.